The highest BCUT2D eigenvalue weighted by molar-refractivity contribution is 9.10. The first-order valence-electron chi connectivity index (χ1n) is 10.8. The predicted octanol–water partition coefficient (Wildman–Crippen LogP) is 4.00. The quantitative estimate of drug-likeness (QED) is 0.395. The van der Waals surface area contributed by atoms with Gasteiger partial charge < -0.3 is 20.1 Å². The number of hydrogen-bond donors (Lipinski definition) is 2. The van der Waals surface area contributed by atoms with E-state index in [2.05, 4.69) is 48.0 Å². The molecule has 3 aromatic rings. The largest absolute Gasteiger partial charge is 0.491 e. The van der Waals surface area contributed by atoms with Crippen molar-refractivity contribution in [1.82, 2.24) is 14.6 Å². The van der Waals surface area contributed by atoms with Crippen molar-refractivity contribution < 1.29 is 14.3 Å². The molecule has 0 unspecified atom stereocenters. The number of benzene rings is 2. The lowest BCUT2D eigenvalue weighted by Crippen LogP contribution is -2.38. The van der Waals surface area contributed by atoms with Gasteiger partial charge in [-0.1, -0.05) is 12.1 Å². The van der Waals surface area contributed by atoms with Crippen molar-refractivity contribution in [3.8, 4) is 5.75 Å². The van der Waals surface area contributed by atoms with Crippen LogP contribution in [-0.2, 0) is 4.74 Å². The molecular formula is C23H27BrN4O3S. The van der Waals surface area contributed by atoms with Crippen LogP contribution in [0, 0.1) is 0 Å². The van der Waals surface area contributed by atoms with E-state index in [9.17, 15) is 4.79 Å². The lowest BCUT2D eigenvalue weighted by Gasteiger charge is -2.26. The van der Waals surface area contributed by atoms with Crippen LogP contribution in [-0.4, -0.2) is 67.7 Å². The number of morpholine rings is 1. The number of aromatic nitrogens is 1. The summed E-state index contributed by atoms with van der Waals surface area (Å²) in [6.07, 6.45) is 0.807. The molecule has 0 aliphatic carbocycles. The Balaban J connectivity index is 1.17. The molecule has 1 saturated heterocycles. The molecule has 32 heavy (non-hydrogen) atoms. The molecule has 7 nitrogen and oxygen atoms in total. The van der Waals surface area contributed by atoms with Crippen molar-refractivity contribution >= 4 is 49.3 Å². The maximum atomic E-state index is 12.5. The molecule has 4 rings (SSSR count). The number of amides is 1. The second-order valence-electron chi connectivity index (χ2n) is 7.51. The van der Waals surface area contributed by atoms with Crippen molar-refractivity contribution in [2.24, 2.45) is 0 Å². The first-order chi connectivity index (χ1) is 15.7. The molecule has 2 aromatic carbocycles. The number of rotatable bonds is 10. The third kappa shape index (κ3) is 6.19. The minimum absolute atomic E-state index is 0.0929. The van der Waals surface area contributed by atoms with Crippen LogP contribution in [0.4, 0.5) is 5.82 Å². The number of nitrogens with one attached hydrogen (secondary N) is 2. The van der Waals surface area contributed by atoms with Gasteiger partial charge in [-0.2, -0.15) is 4.37 Å². The minimum atomic E-state index is -0.0929. The van der Waals surface area contributed by atoms with Gasteiger partial charge in [0.2, 0.25) is 0 Å². The summed E-state index contributed by atoms with van der Waals surface area (Å²) in [6, 6.07) is 13.6. The Kier molecular flexibility index (Phi) is 8.33. The predicted molar refractivity (Wildman–Crippen MR) is 132 cm³/mol. The van der Waals surface area contributed by atoms with Gasteiger partial charge in [0, 0.05) is 43.7 Å². The third-order valence-corrected chi connectivity index (χ3v) is 6.72. The van der Waals surface area contributed by atoms with E-state index in [1.165, 1.54) is 16.2 Å². The summed E-state index contributed by atoms with van der Waals surface area (Å²) in [4.78, 5) is 14.8. The van der Waals surface area contributed by atoms with Gasteiger partial charge in [0.25, 0.3) is 5.91 Å². The van der Waals surface area contributed by atoms with Crippen LogP contribution in [0.15, 0.2) is 46.9 Å². The van der Waals surface area contributed by atoms with Crippen LogP contribution in [0.2, 0.25) is 0 Å². The van der Waals surface area contributed by atoms with Gasteiger partial charge in [-0.05, 0) is 64.2 Å². The molecule has 1 fully saturated rings. The van der Waals surface area contributed by atoms with E-state index in [1.807, 2.05) is 18.2 Å². The smallest absolute Gasteiger partial charge is 0.251 e. The number of hydrogen-bond acceptors (Lipinski definition) is 7. The Hall–Kier alpha value is -2.20. The van der Waals surface area contributed by atoms with Gasteiger partial charge in [-0.25, -0.2) is 0 Å². The summed E-state index contributed by atoms with van der Waals surface area (Å²) in [5, 5.41) is 7.46. The summed E-state index contributed by atoms with van der Waals surface area (Å²) in [6.45, 7) is 6.25. The molecule has 9 heteroatoms. The molecule has 1 aliphatic rings. The molecule has 170 valence electrons. The first kappa shape index (κ1) is 23.0. The van der Waals surface area contributed by atoms with Crippen molar-refractivity contribution in [3.63, 3.8) is 0 Å². The van der Waals surface area contributed by atoms with E-state index in [1.54, 1.807) is 12.1 Å². The standard InChI is InChI=1S/C23H27BrN4O3S/c24-19-16-17(6-7-20(19)31-15-12-28-10-13-30-14-11-28)23(29)26-9-3-8-25-22-18-4-1-2-5-21(18)32-27-22/h1-2,4-7,16H,3,8-15H2,(H,25,27)(H,26,29). The van der Waals surface area contributed by atoms with Crippen LogP contribution in [0.25, 0.3) is 10.1 Å². The van der Waals surface area contributed by atoms with Gasteiger partial charge in [0.1, 0.15) is 18.2 Å². The van der Waals surface area contributed by atoms with Gasteiger partial charge in [-0.3, -0.25) is 9.69 Å². The number of nitrogens with zero attached hydrogens (tertiary/aromatic N) is 2. The molecule has 1 aliphatic heterocycles. The SMILES string of the molecule is O=C(NCCCNc1nsc2ccccc12)c1ccc(OCCN2CCOCC2)c(Br)c1. The third-order valence-electron chi connectivity index (χ3n) is 5.27. The van der Waals surface area contributed by atoms with Gasteiger partial charge in [0.05, 0.1) is 22.4 Å². The van der Waals surface area contributed by atoms with Crippen LogP contribution in [0.1, 0.15) is 16.8 Å². The van der Waals surface area contributed by atoms with Gasteiger partial charge in [0.15, 0.2) is 0 Å². The summed E-state index contributed by atoms with van der Waals surface area (Å²) in [7, 11) is 0. The van der Waals surface area contributed by atoms with E-state index in [0.29, 0.717) is 18.7 Å². The molecule has 2 heterocycles. The zero-order valence-corrected chi connectivity index (χ0v) is 20.2. The van der Waals surface area contributed by atoms with E-state index in [4.69, 9.17) is 9.47 Å². The Labute approximate surface area is 200 Å². The summed E-state index contributed by atoms with van der Waals surface area (Å²) in [5.41, 5.74) is 0.607. The van der Waals surface area contributed by atoms with Crippen molar-refractivity contribution in [2.75, 3.05) is 57.9 Å². The highest BCUT2D eigenvalue weighted by Gasteiger charge is 2.12. The summed E-state index contributed by atoms with van der Waals surface area (Å²) < 4.78 is 17.6. The molecular weight excluding hydrogens is 492 g/mol. The zero-order valence-electron chi connectivity index (χ0n) is 17.8. The van der Waals surface area contributed by atoms with Crippen LogP contribution < -0.4 is 15.4 Å². The average Bonchev–Trinajstić information content (AvgIpc) is 3.23. The van der Waals surface area contributed by atoms with E-state index in [0.717, 1.165) is 67.2 Å². The Morgan fingerprint density at radius 3 is 2.88 bits per heavy atom. The fraction of sp³-hybridized carbons (Fsp3) is 0.391. The van der Waals surface area contributed by atoms with E-state index in [-0.39, 0.29) is 5.91 Å². The van der Waals surface area contributed by atoms with Crippen LogP contribution in [0.3, 0.4) is 0 Å². The van der Waals surface area contributed by atoms with Crippen molar-refractivity contribution in [3.05, 3.63) is 52.5 Å². The molecule has 0 atom stereocenters. The van der Waals surface area contributed by atoms with Crippen molar-refractivity contribution in [2.45, 2.75) is 6.42 Å². The van der Waals surface area contributed by atoms with Gasteiger partial charge >= 0.3 is 0 Å². The monoisotopic (exact) mass is 518 g/mol. The highest BCUT2D eigenvalue weighted by atomic mass is 79.9. The minimum Gasteiger partial charge on any atom is -0.491 e. The average molecular weight is 519 g/mol. The Morgan fingerprint density at radius 1 is 1.19 bits per heavy atom. The van der Waals surface area contributed by atoms with E-state index >= 15 is 0 Å². The number of anilines is 1. The summed E-state index contributed by atoms with van der Waals surface area (Å²) in [5.74, 6) is 1.56. The fourth-order valence-electron chi connectivity index (χ4n) is 3.48. The number of halogens is 1. The highest BCUT2D eigenvalue weighted by Crippen LogP contribution is 2.27. The van der Waals surface area contributed by atoms with Gasteiger partial charge in [-0.15, -0.1) is 0 Å². The Bertz CT molecular complexity index is 1040. The van der Waals surface area contributed by atoms with Crippen LogP contribution >= 0.6 is 27.5 Å². The molecule has 0 spiro atoms. The maximum absolute atomic E-state index is 12.5. The molecule has 1 amide bonds. The maximum Gasteiger partial charge on any atom is 0.251 e. The molecule has 2 N–H and O–H groups in total. The fourth-order valence-corrected chi connectivity index (χ4v) is 4.73. The second-order valence-corrected chi connectivity index (χ2v) is 9.17. The zero-order chi connectivity index (χ0) is 22.2. The Morgan fingerprint density at radius 2 is 2.03 bits per heavy atom. The molecule has 1 aromatic heterocycles. The molecule has 0 radical (unpaired) electrons. The number of carbonyl (C=O) groups excluding carboxylic acids is 1. The lowest BCUT2D eigenvalue weighted by molar-refractivity contribution is 0.0322. The molecule has 0 bridgehead atoms. The first-order valence-corrected chi connectivity index (χ1v) is 12.4. The number of ether oxygens (including phenoxy) is 2. The summed E-state index contributed by atoms with van der Waals surface area (Å²) >= 11 is 5.01. The molecule has 0 saturated carbocycles. The van der Waals surface area contributed by atoms with Crippen LogP contribution in [0.5, 0.6) is 5.75 Å². The lowest BCUT2D eigenvalue weighted by atomic mass is 10.2. The van der Waals surface area contributed by atoms with E-state index < -0.39 is 0 Å². The topological polar surface area (TPSA) is 75.7 Å². The second kappa shape index (κ2) is 11.6. The normalized spacial score (nSPS) is 14.4. The number of carbonyl (C=O) groups is 1. The number of fused-ring (bicyclic) bond motifs is 1. The van der Waals surface area contributed by atoms with Crippen molar-refractivity contribution in [1.29, 1.82) is 0 Å².